The van der Waals surface area contributed by atoms with Crippen LogP contribution in [0.4, 0.5) is 8.78 Å². The van der Waals surface area contributed by atoms with E-state index < -0.39 is 17.2 Å². The molecule has 1 saturated carbocycles. The van der Waals surface area contributed by atoms with Gasteiger partial charge in [-0.05, 0) is 50.1 Å². The lowest BCUT2D eigenvalue weighted by molar-refractivity contribution is -0.125. The molecule has 2 rings (SSSR count). The molecule has 1 aliphatic rings. The maximum atomic E-state index is 13.6. The van der Waals surface area contributed by atoms with Crippen LogP contribution in [0.1, 0.15) is 25.7 Å². The van der Waals surface area contributed by atoms with Crippen LogP contribution < -0.4 is 11.1 Å². The summed E-state index contributed by atoms with van der Waals surface area (Å²) >= 11 is 1.34. The Bertz CT molecular complexity index is 526. The standard InChI is InChI=1S/C15H20F2N2OS/c1-19-15(14(18)20)7-2-3-10(15)6-8-21-13-5-4-11(16)9-12(13)17/h4-5,9-10,19H,2-3,6-8H2,1H3,(H2,18,20). The summed E-state index contributed by atoms with van der Waals surface area (Å²) in [6.45, 7) is 0. The second-order valence-electron chi connectivity index (χ2n) is 5.39. The van der Waals surface area contributed by atoms with Crippen molar-refractivity contribution in [3.63, 3.8) is 0 Å². The third kappa shape index (κ3) is 3.37. The molecule has 1 aromatic rings. The first-order valence-corrected chi connectivity index (χ1v) is 8.05. The van der Waals surface area contributed by atoms with Crippen molar-refractivity contribution in [1.29, 1.82) is 0 Å². The van der Waals surface area contributed by atoms with E-state index in [0.29, 0.717) is 10.6 Å². The number of primary amides is 1. The molecule has 2 atom stereocenters. The van der Waals surface area contributed by atoms with Crippen molar-refractivity contribution >= 4 is 17.7 Å². The number of hydrogen-bond acceptors (Lipinski definition) is 3. The molecule has 0 aliphatic heterocycles. The molecule has 0 saturated heterocycles. The molecule has 0 spiro atoms. The monoisotopic (exact) mass is 314 g/mol. The van der Waals surface area contributed by atoms with Crippen molar-refractivity contribution in [2.45, 2.75) is 36.1 Å². The number of carbonyl (C=O) groups excluding carboxylic acids is 1. The Hall–Kier alpha value is -1.14. The van der Waals surface area contributed by atoms with Gasteiger partial charge < -0.3 is 11.1 Å². The van der Waals surface area contributed by atoms with Gasteiger partial charge in [-0.25, -0.2) is 8.78 Å². The van der Waals surface area contributed by atoms with Gasteiger partial charge in [0.15, 0.2) is 0 Å². The number of thioether (sulfide) groups is 1. The molecular weight excluding hydrogens is 294 g/mol. The summed E-state index contributed by atoms with van der Waals surface area (Å²) < 4.78 is 26.4. The highest BCUT2D eigenvalue weighted by molar-refractivity contribution is 7.99. The zero-order chi connectivity index (χ0) is 15.5. The molecule has 6 heteroatoms. The normalized spacial score (nSPS) is 25.2. The number of rotatable bonds is 6. The number of hydrogen-bond donors (Lipinski definition) is 2. The predicted molar refractivity (Wildman–Crippen MR) is 80.0 cm³/mol. The van der Waals surface area contributed by atoms with Crippen LogP contribution in [0.2, 0.25) is 0 Å². The lowest BCUT2D eigenvalue weighted by atomic mass is 9.84. The first-order valence-electron chi connectivity index (χ1n) is 7.06. The van der Waals surface area contributed by atoms with Gasteiger partial charge in [0.05, 0.1) is 0 Å². The summed E-state index contributed by atoms with van der Waals surface area (Å²) in [5.74, 6) is -0.595. The highest BCUT2D eigenvalue weighted by Crippen LogP contribution is 2.39. The third-order valence-corrected chi connectivity index (χ3v) is 5.41. The third-order valence-electron chi connectivity index (χ3n) is 4.32. The van der Waals surface area contributed by atoms with Crippen LogP contribution in [0.15, 0.2) is 23.1 Å². The quantitative estimate of drug-likeness (QED) is 0.794. The fraction of sp³-hybridized carbons (Fsp3) is 0.533. The Labute approximate surface area is 127 Å². The molecule has 1 aliphatic carbocycles. The van der Waals surface area contributed by atoms with Gasteiger partial charge in [0.25, 0.3) is 0 Å². The van der Waals surface area contributed by atoms with Crippen molar-refractivity contribution in [2.24, 2.45) is 11.7 Å². The van der Waals surface area contributed by atoms with Gasteiger partial charge in [0, 0.05) is 11.0 Å². The lowest BCUT2D eigenvalue weighted by Gasteiger charge is -2.32. The first kappa shape index (κ1) is 16.2. The van der Waals surface area contributed by atoms with Gasteiger partial charge in [-0.2, -0.15) is 0 Å². The molecule has 0 bridgehead atoms. The average Bonchev–Trinajstić information content (AvgIpc) is 2.85. The van der Waals surface area contributed by atoms with Crippen LogP contribution in [-0.2, 0) is 4.79 Å². The van der Waals surface area contributed by atoms with E-state index in [-0.39, 0.29) is 11.8 Å². The van der Waals surface area contributed by atoms with Crippen molar-refractivity contribution in [3.8, 4) is 0 Å². The molecule has 2 unspecified atom stereocenters. The summed E-state index contributed by atoms with van der Waals surface area (Å²) in [7, 11) is 1.76. The van der Waals surface area contributed by atoms with Crippen LogP contribution in [0.3, 0.4) is 0 Å². The van der Waals surface area contributed by atoms with Gasteiger partial charge in [-0.1, -0.05) is 6.42 Å². The van der Waals surface area contributed by atoms with Crippen molar-refractivity contribution < 1.29 is 13.6 Å². The fourth-order valence-corrected chi connectivity index (χ4v) is 4.13. The fourth-order valence-electron chi connectivity index (χ4n) is 3.15. The molecule has 1 fully saturated rings. The summed E-state index contributed by atoms with van der Waals surface area (Å²) in [5.41, 5.74) is 4.91. The van der Waals surface area contributed by atoms with Gasteiger partial charge in [0.1, 0.15) is 17.2 Å². The predicted octanol–water partition coefficient (Wildman–Crippen LogP) is 2.69. The minimum atomic E-state index is -0.637. The summed E-state index contributed by atoms with van der Waals surface area (Å²) in [5, 5.41) is 3.09. The number of halogens is 2. The highest BCUT2D eigenvalue weighted by atomic mass is 32.2. The zero-order valence-electron chi connectivity index (χ0n) is 12.0. The summed E-state index contributed by atoms with van der Waals surface area (Å²) in [6, 6.07) is 3.59. The molecule has 1 amide bonds. The van der Waals surface area contributed by atoms with Gasteiger partial charge in [-0.3, -0.25) is 4.79 Å². The van der Waals surface area contributed by atoms with Crippen LogP contribution in [0, 0.1) is 17.6 Å². The van der Waals surface area contributed by atoms with Crippen LogP contribution in [0.5, 0.6) is 0 Å². The second-order valence-corrected chi connectivity index (χ2v) is 6.52. The van der Waals surface area contributed by atoms with Gasteiger partial charge in [0.2, 0.25) is 5.91 Å². The van der Waals surface area contributed by atoms with E-state index in [0.717, 1.165) is 31.7 Å². The van der Waals surface area contributed by atoms with Crippen molar-refractivity contribution in [2.75, 3.05) is 12.8 Å². The number of benzene rings is 1. The van der Waals surface area contributed by atoms with E-state index in [1.54, 1.807) is 7.05 Å². The largest absolute Gasteiger partial charge is 0.368 e. The van der Waals surface area contributed by atoms with Crippen molar-refractivity contribution in [3.05, 3.63) is 29.8 Å². The van der Waals surface area contributed by atoms with E-state index in [1.807, 2.05) is 0 Å². The topological polar surface area (TPSA) is 55.1 Å². The highest BCUT2D eigenvalue weighted by Gasteiger charge is 2.45. The number of nitrogens with one attached hydrogen (secondary N) is 1. The van der Waals surface area contributed by atoms with Crippen LogP contribution in [0.25, 0.3) is 0 Å². The Morgan fingerprint density at radius 2 is 2.29 bits per heavy atom. The summed E-state index contributed by atoms with van der Waals surface area (Å²) in [6.07, 6.45) is 3.42. The molecular formula is C15H20F2N2OS. The molecule has 3 N–H and O–H groups in total. The zero-order valence-corrected chi connectivity index (χ0v) is 12.8. The number of carbonyl (C=O) groups is 1. The number of nitrogens with two attached hydrogens (primary N) is 1. The Morgan fingerprint density at radius 1 is 1.52 bits per heavy atom. The number of likely N-dealkylation sites (N-methyl/N-ethyl adjacent to an activating group) is 1. The maximum Gasteiger partial charge on any atom is 0.238 e. The molecule has 0 aromatic heterocycles. The summed E-state index contributed by atoms with van der Waals surface area (Å²) in [4.78, 5) is 12.2. The van der Waals surface area contributed by atoms with E-state index in [4.69, 9.17) is 5.73 Å². The Balaban J connectivity index is 1.95. The smallest absolute Gasteiger partial charge is 0.238 e. The van der Waals surface area contributed by atoms with Crippen LogP contribution in [-0.4, -0.2) is 24.2 Å². The van der Waals surface area contributed by atoms with E-state index in [2.05, 4.69) is 5.32 Å². The molecule has 21 heavy (non-hydrogen) atoms. The average molecular weight is 314 g/mol. The number of amides is 1. The SMILES string of the molecule is CNC1(C(N)=O)CCCC1CCSc1ccc(F)cc1F. The van der Waals surface area contributed by atoms with E-state index in [1.165, 1.54) is 23.9 Å². The van der Waals surface area contributed by atoms with E-state index in [9.17, 15) is 13.6 Å². The molecule has 116 valence electrons. The molecule has 0 radical (unpaired) electrons. The first-order chi connectivity index (χ1) is 9.99. The van der Waals surface area contributed by atoms with Crippen LogP contribution >= 0.6 is 11.8 Å². The molecule has 0 heterocycles. The second kappa shape index (κ2) is 6.75. The van der Waals surface area contributed by atoms with E-state index >= 15 is 0 Å². The van der Waals surface area contributed by atoms with Crippen molar-refractivity contribution in [1.82, 2.24) is 5.32 Å². The molecule has 3 nitrogen and oxygen atoms in total. The van der Waals surface area contributed by atoms with Gasteiger partial charge >= 0.3 is 0 Å². The minimum absolute atomic E-state index is 0.163. The Morgan fingerprint density at radius 3 is 2.90 bits per heavy atom. The Kier molecular flexibility index (Phi) is 5.22. The minimum Gasteiger partial charge on any atom is -0.368 e. The lowest BCUT2D eigenvalue weighted by Crippen LogP contribution is -2.56. The molecule has 1 aromatic carbocycles. The maximum absolute atomic E-state index is 13.6. The van der Waals surface area contributed by atoms with Gasteiger partial charge in [-0.15, -0.1) is 11.8 Å².